The predicted molar refractivity (Wildman–Crippen MR) is 85.3 cm³/mol. The fourth-order valence-corrected chi connectivity index (χ4v) is 2.04. The lowest BCUT2D eigenvalue weighted by molar-refractivity contribution is 0.230. The van der Waals surface area contributed by atoms with E-state index < -0.39 is 0 Å². The molecule has 4 nitrogen and oxygen atoms in total. The number of benzene rings is 1. The molecule has 0 saturated heterocycles. The summed E-state index contributed by atoms with van der Waals surface area (Å²) in [5.74, 6) is 2.21. The van der Waals surface area contributed by atoms with Crippen LogP contribution in [0.1, 0.15) is 19.4 Å². The van der Waals surface area contributed by atoms with Gasteiger partial charge < -0.3 is 14.8 Å². The monoisotopic (exact) mass is 306 g/mol. The van der Waals surface area contributed by atoms with Crippen molar-refractivity contribution in [2.45, 2.75) is 26.5 Å². The number of methoxy groups -OCH3 is 1. The van der Waals surface area contributed by atoms with E-state index in [2.05, 4.69) is 10.3 Å². The number of rotatable bonds is 6. The van der Waals surface area contributed by atoms with Crippen LogP contribution in [0.2, 0.25) is 5.15 Å². The molecular weight excluding hydrogens is 288 g/mol. The summed E-state index contributed by atoms with van der Waals surface area (Å²) in [4.78, 5) is 4.19. The third kappa shape index (κ3) is 4.53. The van der Waals surface area contributed by atoms with Gasteiger partial charge in [-0.1, -0.05) is 23.7 Å². The van der Waals surface area contributed by atoms with E-state index in [0.29, 0.717) is 11.7 Å². The van der Waals surface area contributed by atoms with Crippen molar-refractivity contribution in [3.05, 3.63) is 47.1 Å². The third-order valence-corrected chi connectivity index (χ3v) is 2.99. The Balaban J connectivity index is 2.07. The van der Waals surface area contributed by atoms with Gasteiger partial charge >= 0.3 is 0 Å². The molecule has 0 saturated carbocycles. The summed E-state index contributed by atoms with van der Waals surface area (Å²) in [6.07, 6.45) is 0.110. The molecule has 1 aromatic heterocycles. The number of pyridine rings is 1. The van der Waals surface area contributed by atoms with Gasteiger partial charge in [0, 0.05) is 6.54 Å². The zero-order chi connectivity index (χ0) is 15.2. The fourth-order valence-electron chi connectivity index (χ4n) is 1.87. The van der Waals surface area contributed by atoms with Crippen LogP contribution < -0.4 is 14.8 Å². The van der Waals surface area contributed by atoms with Crippen LogP contribution in [0, 0.1) is 0 Å². The molecule has 21 heavy (non-hydrogen) atoms. The minimum Gasteiger partial charge on any atom is -0.493 e. The lowest BCUT2D eigenvalue weighted by Crippen LogP contribution is -2.07. The Morgan fingerprint density at radius 2 is 2.00 bits per heavy atom. The normalized spacial score (nSPS) is 10.5. The molecule has 112 valence electrons. The largest absolute Gasteiger partial charge is 0.493 e. The first-order valence-electron chi connectivity index (χ1n) is 6.78. The van der Waals surface area contributed by atoms with Crippen LogP contribution in [0.4, 0.5) is 5.82 Å². The number of anilines is 1. The number of halogens is 1. The molecule has 5 heteroatoms. The molecule has 0 amide bonds. The Morgan fingerprint density at radius 3 is 2.67 bits per heavy atom. The summed E-state index contributed by atoms with van der Waals surface area (Å²) in [5, 5.41) is 3.69. The van der Waals surface area contributed by atoms with Gasteiger partial charge in [-0.15, -0.1) is 0 Å². The summed E-state index contributed by atoms with van der Waals surface area (Å²) in [6, 6.07) is 11.3. The Bertz CT molecular complexity index is 603. The molecule has 2 aromatic rings. The fraction of sp³-hybridized carbons (Fsp3) is 0.312. The number of nitrogens with one attached hydrogen (secondary N) is 1. The van der Waals surface area contributed by atoms with Crippen molar-refractivity contribution < 1.29 is 9.47 Å². The molecule has 0 fully saturated rings. The molecule has 1 heterocycles. The molecule has 1 aromatic carbocycles. The van der Waals surface area contributed by atoms with Gasteiger partial charge in [-0.25, -0.2) is 4.98 Å². The summed E-state index contributed by atoms with van der Waals surface area (Å²) < 4.78 is 11.1. The second kappa shape index (κ2) is 7.18. The molecule has 2 rings (SSSR count). The van der Waals surface area contributed by atoms with Crippen molar-refractivity contribution in [2.75, 3.05) is 12.4 Å². The number of aromatic nitrogens is 1. The maximum atomic E-state index is 5.86. The van der Waals surface area contributed by atoms with Crippen LogP contribution in [-0.4, -0.2) is 18.2 Å². The highest BCUT2D eigenvalue weighted by atomic mass is 35.5. The Hall–Kier alpha value is -1.94. The second-order valence-corrected chi connectivity index (χ2v) is 5.24. The molecule has 0 aliphatic rings. The van der Waals surface area contributed by atoms with Gasteiger partial charge in [0.05, 0.1) is 13.2 Å². The highest BCUT2D eigenvalue weighted by molar-refractivity contribution is 6.29. The molecular formula is C16H19ClN2O2. The van der Waals surface area contributed by atoms with E-state index in [-0.39, 0.29) is 6.10 Å². The van der Waals surface area contributed by atoms with E-state index in [9.17, 15) is 0 Å². The van der Waals surface area contributed by atoms with Gasteiger partial charge in [0.15, 0.2) is 11.5 Å². The number of ether oxygens (including phenoxy) is 2. The molecule has 0 spiro atoms. The quantitative estimate of drug-likeness (QED) is 0.814. The maximum Gasteiger partial charge on any atom is 0.161 e. The number of hydrogen-bond donors (Lipinski definition) is 1. The molecule has 1 N–H and O–H groups in total. The zero-order valence-corrected chi connectivity index (χ0v) is 13.1. The van der Waals surface area contributed by atoms with Gasteiger partial charge in [0.25, 0.3) is 0 Å². The molecule has 0 aliphatic heterocycles. The summed E-state index contributed by atoms with van der Waals surface area (Å²) in [7, 11) is 1.64. The summed E-state index contributed by atoms with van der Waals surface area (Å²) in [6.45, 7) is 4.60. The standard InChI is InChI=1S/C16H19ClN2O2/c1-11(2)21-13-8-7-12(9-14(13)20-3)10-18-16-6-4-5-15(17)19-16/h4-9,11H,10H2,1-3H3,(H,18,19). The first kappa shape index (κ1) is 15.4. The summed E-state index contributed by atoms with van der Waals surface area (Å²) in [5.41, 5.74) is 1.07. The van der Waals surface area contributed by atoms with E-state index in [1.807, 2.05) is 44.2 Å². The van der Waals surface area contributed by atoms with E-state index in [1.54, 1.807) is 13.2 Å². The zero-order valence-electron chi connectivity index (χ0n) is 12.4. The number of hydrogen-bond acceptors (Lipinski definition) is 4. The first-order valence-corrected chi connectivity index (χ1v) is 7.16. The van der Waals surface area contributed by atoms with Crippen molar-refractivity contribution >= 4 is 17.4 Å². The first-order chi connectivity index (χ1) is 10.1. The molecule has 0 aliphatic carbocycles. The average molecular weight is 307 g/mol. The van der Waals surface area contributed by atoms with Crippen molar-refractivity contribution in [2.24, 2.45) is 0 Å². The maximum absolute atomic E-state index is 5.86. The molecule has 0 atom stereocenters. The van der Waals surface area contributed by atoms with Gasteiger partial charge in [-0.05, 0) is 43.7 Å². The second-order valence-electron chi connectivity index (χ2n) is 4.85. The Morgan fingerprint density at radius 1 is 1.19 bits per heavy atom. The van der Waals surface area contributed by atoms with Gasteiger partial charge in [-0.2, -0.15) is 0 Å². The van der Waals surface area contributed by atoms with E-state index in [4.69, 9.17) is 21.1 Å². The van der Waals surface area contributed by atoms with Gasteiger partial charge in [-0.3, -0.25) is 0 Å². The van der Waals surface area contributed by atoms with Gasteiger partial charge in [0.1, 0.15) is 11.0 Å². The highest BCUT2D eigenvalue weighted by Gasteiger charge is 2.07. The SMILES string of the molecule is COc1cc(CNc2cccc(Cl)n2)ccc1OC(C)C. The van der Waals surface area contributed by atoms with Crippen LogP contribution in [0.15, 0.2) is 36.4 Å². The van der Waals surface area contributed by atoms with Crippen LogP contribution >= 0.6 is 11.6 Å². The highest BCUT2D eigenvalue weighted by Crippen LogP contribution is 2.29. The topological polar surface area (TPSA) is 43.4 Å². The van der Waals surface area contributed by atoms with Crippen molar-refractivity contribution in [1.82, 2.24) is 4.98 Å². The van der Waals surface area contributed by atoms with Crippen LogP contribution in [0.3, 0.4) is 0 Å². The third-order valence-electron chi connectivity index (χ3n) is 2.78. The lowest BCUT2D eigenvalue weighted by atomic mass is 10.2. The van der Waals surface area contributed by atoms with Gasteiger partial charge in [0.2, 0.25) is 0 Å². The van der Waals surface area contributed by atoms with Crippen molar-refractivity contribution in [3.8, 4) is 11.5 Å². The van der Waals surface area contributed by atoms with E-state index in [0.717, 1.165) is 22.9 Å². The predicted octanol–water partition coefficient (Wildman–Crippen LogP) is 4.14. The van der Waals surface area contributed by atoms with Crippen LogP contribution in [0.25, 0.3) is 0 Å². The van der Waals surface area contributed by atoms with Crippen molar-refractivity contribution in [3.63, 3.8) is 0 Å². The van der Waals surface area contributed by atoms with Crippen LogP contribution in [-0.2, 0) is 6.54 Å². The Labute approximate surface area is 130 Å². The smallest absolute Gasteiger partial charge is 0.161 e. The minimum atomic E-state index is 0.110. The minimum absolute atomic E-state index is 0.110. The lowest BCUT2D eigenvalue weighted by Gasteiger charge is -2.15. The Kier molecular flexibility index (Phi) is 5.28. The molecule has 0 bridgehead atoms. The number of nitrogens with zero attached hydrogens (tertiary/aromatic N) is 1. The summed E-state index contributed by atoms with van der Waals surface area (Å²) >= 11 is 5.86. The van der Waals surface area contributed by atoms with E-state index in [1.165, 1.54) is 0 Å². The van der Waals surface area contributed by atoms with E-state index >= 15 is 0 Å². The average Bonchev–Trinajstić information content (AvgIpc) is 2.45. The van der Waals surface area contributed by atoms with Crippen molar-refractivity contribution in [1.29, 1.82) is 0 Å². The molecule has 0 unspecified atom stereocenters. The molecule has 0 radical (unpaired) electrons. The van der Waals surface area contributed by atoms with Crippen LogP contribution in [0.5, 0.6) is 11.5 Å².